The van der Waals surface area contributed by atoms with E-state index >= 15 is 0 Å². The molecule has 1 unspecified atom stereocenters. The third kappa shape index (κ3) is 12.6. The van der Waals surface area contributed by atoms with Crippen molar-refractivity contribution in [1.29, 1.82) is 0 Å². The van der Waals surface area contributed by atoms with Crippen molar-refractivity contribution >= 4 is 11.9 Å². The maximum absolute atomic E-state index is 14.6. The molecule has 1 atom stereocenters. The fraction of sp³-hybridized carbons (Fsp3) is 0.562. The van der Waals surface area contributed by atoms with Gasteiger partial charge in [-0.2, -0.15) is 0 Å². The second kappa shape index (κ2) is 18.4. The third-order valence-electron chi connectivity index (χ3n) is 6.46. The highest BCUT2D eigenvalue weighted by Gasteiger charge is 2.16. The van der Waals surface area contributed by atoms with E-state index in [1.807, 2.05) is 6.92 Å². The normalized spacial score (nSPS) is 11.7. The van der Waals surface area contributed by atoms with Crippen LogP contribution in [0.15, 0.2) is 42.5 Å². The minimum absolute atomic E-state index is 0.0768. The molecule has 5 nitrogen and oxygen atoms in total. The lowest BCUT2D eigenvalue weighted by molar-refractivity contribution is -0.134. The van der Waals surface area contributed by atoms with Crippen molar-refractivity contribution in [2.75, 3.05) is 0 Å². The molecule has 0 aromatic heterocycles. The van der Waals surface area contributed by atoms with E-state index in [4.69, 9.17) is 14.2 Å². The molecule has 6 heteroatoms. The Bertz CT molecular complexity index is 957. The molecule has 0 radical (unpaired) electrons. The standard InChI is InChI=1S/C32H45FO5/c1-4-6-8-10-11-13-15-17-31(34)37-28-22-23-29(30(33)24-28)32(35)38-27-20-18-26(19-21-27)36-25(3)16-14-12-9-7-5-2/h18-25H,4-17H2,1-3H3. The lowest BCUT2D eigenvalue weighted by Gasteiger charge is -2.15. The Balaban J connectivity index is 1.76. The first kappa shape index (κ1) is 31.3. The van der Waals surface area contributed by atoms with Crippen molar-refractivity contribution in [2.24, 2.45) is 0 Å². The molecule has 2 aromatic rings. The van der Waals surface area contributed by atoms with Crippen molar-refractivity contribution in [2.45, 2.75) is 117 Å². The van der Waals surface area contributed by atoms with Crippen LogP contribution in [0.25, 0.3) is 0 Å². The summed E-state index contributed by atoms with van der Waals surface area (Å²) in [5.74, 6) is -0.963. The van der Waals surface area contributed by atoms with Crippen LogP contribution in [-0.2, 0) is 4.79 Å². The van der Waals surface area contributed by atoms with Crippen LogP contribution in [0, 0.1) is 5.82 Å². The molecule has 2 rings (SSSR count). The number of rotatable bonds is 19. The quantitative estimate of drug-likeness (QED) is 0.103. The van der Waals surface area contributed by atoms with E-state index in [2.05, 4.69) is 13.8 Å². The van der Waals surface area contributed by atoms with Gasteiger partial charge < -0.3 is 14.2 Å². The van der Waals surface area contributed by atoms with Crippen molar-refractivity contribution < 1.29 is 28.2 Å². The van der Waals surface area contributed by atoms with E-state index in [1.54, 1.807) is 24.3 Å². The summed E-state index contributed by atoms with van der Waals surface area (Å²) in [6, 6.07) is 10.4. The predicted molar refractivity (Wildman–Crippen MR) is 150 cm³/mol. The van der Waals surface area contributed by atoms with Crippen LogP contribution in [-0.4, -0.2) is 18.0 Å². The fourth-order valence-electron chi connectivity index (χ4n) is 4.21. The number of esters is 2. The lowest BCUT2D eigenvalue weighted by atomic mass is 10.1. The van der Waals surface area contributed by atoms with Crippen molar-refractivity contribution in [3.8, 4) is 17.2 Å². The second-order valence-electron chi connectivity index (χ2n) is 9.98. The summed E-state index contributed by atoms with van der Waals surface area (Å²) >= 11 is 0. The van der Waals surface area contributed by atoms with Gasteiger partial charge in [-0.25, -0.2) is 9.18 Å². The summed E-state index contributed by atoms with van der Waals surface area (Å²) in [6.45, 7) is 6.44. The van der Waals surface area contributed by atoms with Gasteiger partial charge >= 0.3 is 11.9 Å². The summed E-state index contributed by atoms with van der Waals surface area (Å²) in [6.07, 6.45) is 15.2. The highest BCUT2D eigenvalue weighted by Crippen LogP contribution is 2.23. The molecule has 2 aromatic carbocycles. The Morgan fingerprint density at radius 1 is 0.711 bits per heavy atom. The smallest absolute Gasteiger partial charge is 0.346 e. The van der Waals surface area contributed by atoms with Gasteiger partial charge in [0.25, 0.3) is 0 Å². The first-order valence-electron chi connectivity index (χ1n) is 14.4. The Kier molecular flexibility index (Phi) is 15.1. The van der Waals surface area contributed by atoms with Crippen molar-refractivity contribution in [3.05, 3.63) is 53.8 Å². The highest BCUT2D eigenvalue weighted by atomic mass is 19.1. The van der Waals surface area contributed by atoms with E-state index in [1.165, 1.54) is 63.5 Å². The van der Waals surface area contributed by atoms with Gasteiger partial charge in [0.2, 0.25) is 0 Å². The number of unbranched alkanes of at least 4 members (excludes halogenated alkanes) is 10. The Hall–Kier alpha value is -2.89. The summed E-state index contributed by atoms with van der Waals surface area (Å²) in [5.41, 5.74) is -0.228. The van der Waals surface area contributed by atoms with E-state index in [0.29, 0.717) is 11.5 Å². The third-order valence-corrected chi connectivity index (χ3v) is 6.46. The first-order chi connectivity index (χ1) is 18.4. The van der Waals surface area contributed by atoms with Gasteiger partial charge in [-0.3, -0.25) is 4.79 Å². The maximum Gasteiger partial charge on any atom is 0.346 e. The molecule has 0 fully saturated rings. The van der Waals surface area contributed by atoms with E-state index in [0.717, 1.165) is 38.2 Å². The topological polar surface area (TPSA) is 61.8 Å². The molecule has 38 heavy (non-hydrogen) atoms. The summed E-state index contributed by atoms with van der Waals surface area (Å²) < 4.78 is 31.1. The number of ether oxygens (including phenoxy) is 3. The molecular weight excluding hydrogens is 483 g/mol. The number of carbonyl (C=O) groups is 2. The van der Waals surface area contributed by atoms with Crippen LogP contribution < -0.4 is 14.2 Å². The fourth-order valence-corrected chi connectivity index (χ4v) is 4.21. The molecule has 0 aliphatic heterocycles. The van der Waals surface area contributed by atoms with Crippen molar-refractivity contribution in [3.63, 3.8) is 0 Å². The minimum Gasteiger partial charge on any atom is -0.491 e. The van der Waals surface area contributed by atoms with Gasteiger partial charge in [0, 0.05) is 12.5 Å². The van der Waals surface area contributed by atoms with Gasteiger partial charge in [0.15, 0.2) is 0 Å². The first-order valence-corrected chi connectivity index (χ1v) is 14.4. The second-order valence-corrected chi connectivity index (χ2v) is 9.98. The van der Waals surface area contributed by atoms with Gasteiger partial charge in [0.05, 0.1) is 11.7 Å². The molecule has 0 heterocycles. The Morgan fingerprint density at radius 2 is 1.26 bits per heavy atom. The van der Waals surface area contributed by atoms with Crippen LogP contribution in [0.4, 0.5) is 4.39 Å². The van der Waals surface area contributed by atoms with Crippen molar-refractivity contribution in [1.82, 2.24) is 0 Å². The van der Waals surface area contributed by atoms with Crippen LogP contribution in [0.3, 0.4) is 0 Å². The molecule has 0 spiro atoms. The maximum atomic E-state index is 14.6. The monoisotopic (exact) mass is 528 g/mol. The number of carbonyl (C=O) groups excluding carboxylic acids is 2. The summed E-state index contributed by atoms with van der Waals surface area (Å²) in [5, 5.41) is 0. The molecule has 0 saturated heterocycles. The van der Waals surface area contributed by atoms with E-state index in [-0.39, 0.29) is 23.8 Å². The van der Waals surface area contributed by atoms with Gasteiger partial charge in [-0.05, 0) is 62.6 Å². The molecule has 0 aliphatic rings. The summed E-state index contributed by atoms with van der Waals surface area (Å²) in [7, 11) is 0. The minimum atomic E-state index is -0.822. The zero-order chi connectivity index (χ0) is 27.6. The number of halogens is 1. The molecule has 0 aliphatic carbocycles. The SMILES string of the molecule is CCCCCCCCCC(=O)Oc1ccc(C(=O)Oc2ccc(OC(C)CCCCCCC)cc2)c(F)c1. The predicted octanol–water partition coefficient (Wildman–Crippen LogP) is 9.22. The lowest BCUT2D eigenvalue weighted by Crippen LogP contribution is -2.13. The van der Waals surface area contributed by atoms with Crippen LogP contribution >= 0.6 is 0 Å². The molecule has 0 saturated carbocycles. The molecule has 0 bridgehead atoms. The Labute approximate surface area is 228 Å². The Morgan fingerprint density at radius 3 is 1.89 bits per heavy atom. The molecule has 0 amide bonds. The number of hydrogen-bond donors (Lipinski definition) is 0. The van der Waals surface area contributed by atoms with Gasteiger partial charge in [0.1, 0.15) is 23.1 Å². The molecule has 210 valence electrons. The van der Waals surface area contributed by atoms with Crippen LogP contribution in [0.2, 0.25) is 0 Å². The molecule has 0 N–H and O–H groups in total. The average molecular weight is 529 g/mol. The van der Waals surface area contributed by atoms with Gasteiger partial charge in [-0.1, -0.05) is 78.1 Å². The zero-order valence-corrected chi connectivity index (χ0v) is 23.4. The summed E-state index contributed by atoms with van der Waals surface area (Å²) in [4.78, 5) is 24.5. The van der Waals surface area contributed by atoms with Crippen LogP contribution in [0.1, 0.15) is 121 Å². The van der Waals surface area contributed by atoms with Crippen LogP contribution in [0.5, 0.6) is 17.2 Å². The largest absolute Gasteiger partial charge is 0.491 e. The van der Waals surface area contributed by atoms with E-state index in [9.17, 15) is 14.0 Å². The zero-order valence-electron chi connectivity index (χ0n) is 23.4. The van der Waals surface area contributed by atoms with Gasteiger partial charge in [-0.15, -0.1) is 0 Å². The molecular formula is C32H45FO5. The number of benzene rings is 2. The average Bonchev–Trinajstić information content (AvgIpc) is 2.89. The highest BCUT2D eigenvalue weighted by molar-refractivity contribution is 5.91. The number of hydrogen-bond acceptors (Lipinski definition) is 5. The van der Waals surface area contributed by atoms with E-state index < -0.39 is 17.8 Å².